The van der Waals surface area contributed by atoms with E-state index in [1.807, 2.05) is 56.6 Å². The number of carbonyl (C=O) groups is 1. The number of methoxy groups -OCH3 is 1. The summed E-state index contributed by atoms with van der Waals surface area (Å²) < 4.78 is 6.92. The molecule has 30 heavy (non-hydrogen) atoms. The highest BCUT2D eigenvalue weighted by molar-refractivity contribution is 5.77. The molecule has 0 saturated carbocycles. The van der Waals surface area contributed by atoms with E-state index in [2.05, 4.69) is 37.9 Å². The lowest BCUT2D eigenvalue weighted by Crippen LogP contribution is -2.35. The molecule has 0 saturated heterocycles. The molecular formula is C22H28N6O2. The van der Waals surface area contributed by atoms with Gasteiger partial charge in [-0.1, -0.05) is 42.5 Å². The molecule has 8 heteroatoms. The van der Waals surface area contributed by atoms with Crippen LogP contribution in [0.5, 0.6) is 5.75 Å². The van der Waals surface area contributed by atoms with E-state index in [1.54, 1.807) is 11.8 Å². The fourth-order valence-corrected chi connectivity index (χ4v) is 3.24. The Bertz CT molecular complexity index is 924. The summed E-state index contributed by atoms with van der Waals surface area (Å²) in [5, 5.41) is 14.8. The lowest BCUT2D eigenvalue weighted by Gasteiger charge is -2.25. The second-order valence-corrected chi connectivity index (χ2v) is 7.29. The molecule has 1 unspecified atom stereocenters. The third kappa shape index (κ3) is 5.87. The minimum atomic E-state index is -0.105. The van der Waals surface area contributed by atoms with Crippen LogP contribution in [0.15, 0.2) is 54.6 Å². The zero-order chi connectivity index (χ0) is 21.3. The van der Waals surface area contributed by atoms with Crippen molar-refractivity contribution in [2.24, 2.45) is 0 Å². The number of aryl methyl sites for hydroxylation is 2. The van der Waals surface area contributed by atoms with Crippen molar-refractivity contribution in [1.82, 2.24) is 30.4 Å². The third-order valence-electron chi connectivity index (χ3n) is 5.00. The average Bonchev–Trinajstić information content (AvgIpc) is 3.20. The zero-order valence-corrected chi connectivity index (χ0v) is 17.7. The molecular weight excluding hydrogens is 380 g/mol. The summed E-state index contributed by atoms with van der Waals surface area (Å²) in [5.41, 5.74) is 2.31. The maximum Gasteiger partial charge on any atom is 0.227 e. The molecule has 0 spiro atoms. The molecule has 8 nitrogen and oxygen atoms in total. The second kappa shape index (κ2) is 10.5. The molecule has 0 aliphatic rings. The van der Waals surface area contributed by atoms with Gasteiger partial charge in [0.15, 0.2) is 5.82 Å². The Balaban J connectivity index is 1.55. The summed E-state index contributed by atoms with van der Waals surface area (Å²) in [7, 11) is 5.63. The van der Waals surface area contributed by atoms with Crippen molar-refractivity contribution in [2.45, 2.75) is 25.4 Å². The number of ether oxygens (including phenoxy) is 1. The van der Waals surface area contributed by atoms with Gasteiger partial charge >= 0.3 is 0 Å². The van der Waals surface area contributed by atoms with E-state index in [1.165, 1.54) is 5.56 Å². The number of likely N-dealkylation sites (N-methyl/N-ethyl adjacent to an activating group) is 1. The van der Waals surface area contributed by atoms with Crippen LogP contribution >= 0.6 is 0 Å². The summed E-state index contributed by atoms with van der Waals surface area (Å²) in [6, 6.07) is 18.1. The first-order chi connectivity index (χ1) is 14.6. The van der Waals surface area contributed by atoms with Crippen LogP contribution in [-0.4, -0.2) is 58.8 Å². The first-order valence-electron chi connectivity index (χ1n) is 9.93. The maximum atomic E-state index is 12.5. The molecule has 2 aromatic carbocycles. The van der Waals surface area contributed by atoms with Gasteiger partial charge in [0.05, 0.1) is 19.6 Å². The van der Waals surface area contributed by atoms with Gasteiger partial charge in [-0.05, 0) is 54.2 Å². The van der Waals surface area contributed by atoms with Gasteiger partial charge < -0.3 is 15.0 Å². The lowest BCUT2D eigenvalue weighted by atomic mass is 10.1. The van der Waals surface area contributed by atoms with Crippen LogP contribution < -0.4 is 10.1 Å². The van der Waals surface area contributed by atoms with Crippen LogP contribution in [0.4, 0.5) is 0 Å². The monoisotopic (exact) mass is 408 g/mol. The van der Waals surface area contributed by atoms with Crippen molar-refractivity contribution in [2.75, 3.05) is 27.7 Å². The number of carbonyl (C=O) groups excluding carboxylic acids is 1. The molecule has 3 rings (SSSR count). The molecule has 1 amide bonds. The van der Waals surface area contributed by atoms with Crippen molar-refractivity contribution >= 4 is 5.91 Å². The smallest absolute Gasteiger partial charge is 0.227 e. The summed E-state index contributed by atoms with van der Waals surface area (Å²) in [6.45, 7) is 1.12. The Morgan fingerprint density at radius 1 is 1.13 bits per heavy atom. The largest absolute Gasteiger partial charge is 0.497 e. The van der Waals surface area contributed by atoms with Crippen molar-refractivity contribution < 1.29 is 9.53 Å². The molecule has 1 N–H and O–H groups in total. The number of hydrogen-bond acceptors (Lipinski definition) is 6. The Hall–Kier alpha value is -3.26. The van der Waals surface area contributed by atoms with Crippen molar-refractivity contribution in [3.05, 3.63) is 71.5 Å². The molecule has 0 radical (unpaired) electrons. The first-order valence-corrected chi connectivity index (χ1v) is 9.93. The predicted molar refractivity (Wildman–Crippen MR) is 114 cm³/mol. The summed E-state index contributed by atoms with van der Waals surface area (Å²) in [5.74, 6) is 1.27. The van der Waals surface area contributed by atoms with Crippen molar-refractivity contribution in [1.29, 1.82) is 0 Å². The topological polar surface area (TPSA) is 85.2 Å². The van der Waals surface area contributed by atoms with E-state index < -0.39 is 0 Å². The summed E-state index contributed by atoms with van der Waals surface area (Å²) in [6.07, 6.45) is 0.950. The minimum absolute atomic E-state index is 0.0499. The molecule has 1 heterocycles. The molecule has 1 aromatic heterocycles. The molecule has 0 bridgehead atoms. The molecule has 0 aliphatic carbocycles. The third-order valence-corrected chi connectivity index (χ3v) is 5.00. The second-order valence-electron chi connectivity index (χ2n) is 7.29. The number of hydrogen-bond donors (Lipinski definition) is 1. The van der Waals surface area contributed by atoms with Gasteiger partial charge in [-0.25, -0.2) is 4.68 Å². The van der Waals surface area contributed by atoms with Gasteiger partial charge in [0.25, 0.3) is 0 Å². The van der Waals surface area contributed by atoms with Gasteiger partial charge in [0.2, 0.25) is 5.91 Å². The number of benzene rings is 2. The first kappa shape index (κ1) is 21.4. The Kier molecular flexibility index (Phi) is 7.51. The highest BCUT2D eigenvalue weighted by Crippen LogP contribution is 2.20. The van der Waals surface area contributed by atoms with Crippen LogP contribution in [-0.2, 0) is 24.2 Å². The molecule has 158 valence electrons. The van der Waals surface area contributed by atoms with Gasteiger partial charge in [-0.15, -0.1) is 5.10 Å². The summed E-state index contributed by atoms with van der Waals surface area (Å²) in [4.78, 5) is 14.6. The van der Waals surface area contributed by atoms with Crippen LogP contribution in [0.1, 0.15) is 23.0 Å². The number of aromatic nitrogens is 4. The molecule has 0 fully saturated rings. The van der Waals surface area contributed by atoms with Crippen LogP contribution in [0.3, 0.4) is 0 Å². The van der Waals surface area contributed by atoms with E-state index in [4.69, 9.17) is 4.74 Å². The summed E-state index contributed by atoms with van der Waals surface area (Å²) >= 11 is 0. The highest BCUT2D eigenvalue weighted by atomic mass is 16.5. The SMILES string of the molecule is COc1ccc(C(CNC(=O)Cc2nnnn2CCc2ccccc2)N(C)C)cc1. The standard InChI is InChI=1S/C22H28N6O2/c1-27(2)20(18-9-11-19(30-3)12-10-18)16-23-22(29)15-21-24-25-26-28(21)14-13-17-7-5-4-6-8-17/h4-12,20H,13-16H2,1-3H3,(H,23,29). The average molecular weight is 409 g/mol. The van der Waals surface area contributed by atoms with E-state index in [0.717, 1.165) is 17.7 Å². The highest BCUT2D eigenvalue weighted by Gasteiger charge is 2.17. The molecule has 0 aliphatic heterocycles. The normalized spacial score (nSPS) is 12.0. The number of nitrogens with one attached hydrogen (secondary N) is 1. The maximum absolute atomic E-state index is 12.5. The Labute approximate surface area is 176 Å². The fraction of sp³-hybridized carbons (Fsp3) is 0.364. The number of amides is 1. The zero-order valence-electron chi connectivity index (χ0n) is 17.7. The van der Waals surface area contributed by atoms with Gasteiger partial charge in [0.1, 0.15) is 5.75 Å². The number of rotatable bonds is 10. The van der Waals surface area contributed by atoms with E-state index in [0.29, 0.717) is 18.9 Å². The quantitative estimate of drug-likeness (QED) is 0.551. The van der Waals surface area contributed by atoms with Crippen molar-refractivity contribution in [3.63, 3.8) is 0 Å². The van der Waals surface area contributed by atoms with E-state index in [-0.39, 0.29) is 18.4 Å². The van der Waals surface area contributed by atoms with Gasteiger partial charge in [-0.2, -0.15) is 0 Å². The van der Waals surface area contributed by atoms with Crippen molar-refractivity contribution in [3.8, 4) is 5.75 Å². The van der Waals surface area contributed by atoms with E-state index >= 15 is 0 Å². The predicted octanol–water partition coefficient (Wildman–Crippen LogP) is 1.89. The van der Waals surface area contributed by atoms with Crippen LogP contribution in [0, 0.1) is 0 Å². The van der Waals surface area contributed by atoms with Crippen LogP contribution in [0.25, 0.3) is 0 Å². The lowest BCUT2D eigenvalue weighted by molar-refractivity contribution is -0.120. The number of nitrogens with zero attached hydrogens (tertiary/aromatic N) is 5. The number of tetrazole rings is 1. The fourth-order valence-electron chi connectivity index (χ4n) is 3.24. The molecule has 3 aromatic rings. The van der Waals surface area contributed by atoms with E-state index in [9.17, 15) is 4.79 Å². The van der Waals surface area contributed by atoms with Crippen LogP contribution in [0.2, 0.25) is 0 Å². The Morgan fingerprint density at radius 2 is 1.87 bits per heavy atom. The minimum Gasteiger partial charge on any atom is -0.497 e. The molecule has 1 atom stereocenters. The van der Waals surface area contributed by atoms with Gasteiger partial charge in [-0.3, -0.25) is 4.79 Å². The van der Waals surface area contributed by atoms with Gasteiger partial charge in [0, 0.05) is 13.1 Å². The Morgan fingerprint density at radius 3 is 2.53 bits per heavy atom.